The predicted octanol–water partition coefficient (Wildman–Crippen LogP) is 3.79. The summed E-state index contributed by atoms with van der Waals surface area (Å²) < 4.78 is 0. The third-order valence-electron chi connectivity index (χ3n) is 5.37. The van der Waals surface area contributed by atoms with Gasteiger partial charge in [-0.1, -0.05) is 0 Å². The first-order valence-electron chi connectivity index (χ1n) is 7.94. The second kappa shape index (κ2) is 6.70. The molecule has 104 valence electrons. The van der Waals surface area contributed by atoms with Crippen molar-refractivity contribution in [1.29, 1.82) is 0 Å². The first kappa shape index (κ1) is 14.0. The largest absolute Gasteiger partial charge is 0.328 e. The van der Waals surface area contributed by atoms with Crippen molar-refractivity contribution < 1.29 is 0 Å². The van der Waals surface area contributed by atoms with E-state index < -0.39 is 0 Å². The average Bonchev–Trinajstić information content (AvgIpc) is 2.40. The van der Waals surface area contributed by atoms with Crippen molar-refractivity contribution in [1.82, 2.24) is 0 Å². The first-order valence-corrected chi connectivity index (χ1v) is 7.94. The summed E-state index contributed by atoms with van der Waals surface area (Å²) in [7, 11) is 0. The van der Waals surface area contributed by atoms with Crippen LogP contribution in [0.1, 0.15) is 65.2 Å². The van der Waals surface area contributed by atoms with Crippen LogP contribution in [0.4, 0.5) is 0 Å². The molecule has 1 atom stereocenters. The zero-order valence-electron chi connectivity index (χ0n) is 12.1. The van der Waals surface area contributed by atoms with Crippen LogP contribution in [-0.4, -0.2) is 18.3 Å². The van der Waals surface area contributed by atoms with Crippen LogP contribution in [-0.2, 0) is 0 Å². The smallest absolute Gasteiger partial charge is 0.0495 e. The van der Waals surface area contributed by atoms with E-state index in [-0.39, 0.29) is 0 Å². The Morgan fingerprint density at radius 2 is 1.44 bits per heavy atom. The van der Waals surface area contributed by atoms with Gasteiger partial charge in [0.2, 0.25) is 0 Å². The van der Waals surface area contributed by atoms with Crippen LogP contribution < -0.4 is 5.73 Å². The fourth-order valence-corrected chi connectivity index (χ4v) is 4.07. The van der Waals surface area contributed by atoms with E-state index in [2.05, 4.69) is 11.9 Å². The van der Waals surface area contributed by atoms with Crippen LogP contribution in [0.25, 0.3) is 0 Å². The van der Waals surface area contributed by atoms with Gasteiger partial charge in [0.15, 0.2) is 0 Å². The Morgan fingerprint density at radius 3 is 1.94 bits per heavy atom. The SMILES string of the molecule is C/C=N\C(C)C1CCC(C2CCC(N)CC2)CC1. The van der Waals surface area contributed by atoms with Crippen molar-refractivity contribution >= 4 is 6.21 Å². The zero-order valence-corrected chi connectivity index (χ0v) is 12.1. The molecule has 2 nitrogen and oxygen atoms in total. The Morgan fingerprint density at radius 1 is 0.944 bits per heavy atom. The molecular formula is C16H30N2. The third-order valence-corrected chi connectivity index (χ3v) is 5.37. The maximum atomic E-state index is 6.01. The van der Waals surface area contributed by atoms with Gasteiger partial charge in [0.1, 0.15) is 0 Å². The lowest BCUT2D eigenvalue weighted by molar-refractivity contribution is 0.153. The Bertz CT molecular complexity index is 258. The van der Waals surface area contributed by atoms with Crippen LogP contribution in [0.2, 0.25) is 0 Å². The van der Waals surface area contributed by atoms with E-state index in [1.54, 1.807) is 0 Å². The van der Waals surface area contributed by atoms with Crippen LogP contribution in [0.5, 0.6) is 0 Å². The van der Waals surface area contributed by atoms with Crippen molar-refractivity contribution in [2.45, 2.75) is 77.3 Å². The van der Waals surface area contributed by atoms with E-state index in [9.17, 15) is 0 Å². The fourth-order valence-electron chi connectivity index (χ4n) is 4.07. The molecule has 1 unspecified atom stereocenters. The van der Waals surface area contributed by atoms with Crippen LogP contribution >= 0.6 is 0 Å². The van der Waals surface area contributed by atoms with Crippen molar-refractivity contribution in [2.75, 3.05) is 0 Å². The summed E-state index contributed by atoms with van der Waals surface area (Å²) in [5.41, 5.74) is 6.01. The first-order chi connectivity index (χ1) is 8.70. The molecule has 2 saturated carbocycles. The molecule has 0 spiro atoms. The molecule has 2 fully saturated rings. The lowest BCUT2D eigenvalue weighted by atomic mass is 9.69. The molecule has 0 heterocycles. The molecule has 0 aliphatic heterocycles. The van der Waals surface area contributed by atoms with Crippen LogP contribution in [0.15, 0.2) is 4.99 Å². The van der Waals surface area contributed by atoms with Crippen LogP contribution in [0.3, 0.4) is 0 Å². The van der Waals surface area contributed by atoms with Gasteiger partial charge >= 0.3 is 0 Å². The summed E-state index contributed by atoms with van der Waals surface area (Å²) in [6.07, 6.45) is 12.9. The van der Waals surface area contributed by atoms with Gasteiger partial charge in [-0.05, 0) is 89.2 Å². The lowest BCUT2D eigenvalue weighted by Crippen LogP contribution is -2.32. The zero-order chi connectivity index (χ0) is 13.0. The maximum absolute atomic E-state index is 6.01. The molecule has 0 amide bonds. The second-order valence-electron chi connectivity index (χ2n) is 6.50. The Balaban J connectivity index is 1.76. The number of nitrogens with zero attached hydrogens (tertiary/aromatic N) is 1. The van der Waals surface area contributed by atoms with E-state index in [0.29, 0.717) is 12.1 Å². The minimum atomic E-state index is 0.497. The normalized spacial score (nSPS) is 39.9. The van der Waals surface area contributed by atoms with Gasteiger partial charge in [0.05, 0.1) is 0 Å². The molecule has 2 aliphatic carbocycles. The molecule has 0 saturated heterocycles. The highest BCUT2D eigenvalue weighted by Gasteiger charge is 2.31. The van der Waals surface area contributed by atoms with Gasteiger partial charge in [-0.25, -0.2) is 0 Å². The molecule has 0 aromatic rings. The summed E-state index contributed by atoms with van der Waals surface area (Å²) in [6.45, 7) is 4.32. The summed E-state index contributed by atoms with van der Waals surface area (Å²) >= 11 is 0. The molecule has 0 aromatic heterocycles. The third kappa shape index (κ3) is 3.57. The number of hydrogen-bond donors (Lipinski definition) is 1. The van der Waals surface area contributed by atoms with E-state index in [1.807, 2.05) is 13.1 Å². The topological polar surface area (TPSA) is 38.4 Å². The minimum absolute atomic E-state index is 0.497. The molecule has 0 bridgehead atoms. The molecule has 0 radical (unpaired) electrons. The van der Waals surface area contributed by atoms with Crippen molar-refractivity contribution in [3.05, 3.63) is 0 Å². The van der Waals surface area contributed by atoms with Crippen molar-refractivity contribution in [3.63, 3.8) is 0 Å². The average molecular weight is 250 g/mol. The molecule has 2 aliphatic rings. The quantitative estimate of drug-likeness (QED) is 0.760. The molecule has 0 aromatic carbocycles. The van der Waals surface area contributed by atoms with Crippen molar-refractivity contribution in [3.8, 4) is 0 Å². The van der Waals surface area contributed by atoms with Crippen molar-refractivity contribution in [2.24, 2.45) is 28.5 Å². The molecule has 2 N–H and O–H groups in total. The highest BCUT2D eigenvalue weighted by Crippen LogP contribution is 2.40. The Kier molecular flexibility index (Phi) is 5.23. The van der Waals surface area contributed by atoms with Gasteiger partial charge in [-0.15, -0.1) is 0 Å². The highest BCUT2D eigenvalue weighted by atomic mass is 14.8. The van der Waals surface area contributed by atoms with Gasteiger partial charge in [0, 0.05) is 12.1 Å². The van der Waals surface area contributed by atoms with Gasteiger partial charge in [-0.3, -0.25) is 4.99 Å². The predicted molar refractivity (Wildman–Crippen MR) is 79.0 cm³/mol. The minimum Gasteiger partial charge on any atom is -0.328 e. The van der Waals surface area contributed by atoms with E-state index in [0.717, 1.165) is 17.8 Å². The number of rotatable bonds is 3. The molecule has 2 rings (SSSR count). The number of aliphatic imine (C=N–C) groups is 1. The number of nitrogens with two attached hydrogens (primary N) is 1. The standard InChI is InChI=1S/C16H30N2/c1-3-18-12(2)13-4-6-14(7-5-13)15-8-10-16(17)11-9-15/h3,12-16H,4-11,17H2,1-2H3/b18-3-. The van der Waals surface area contributed by atoms with E-state index in [4.69, 9.17) is 5.73 Å². The highest BCUT2D eigenvalue weighted by molar-refractivity contribution is 5.53. The molecular weight excluding hydrogens is 220 g/mol. The van der Waals surface area contributed by atoms with Gasteiger partial charge in [-0.2, -0.15) is 0 Å². The van der Waals surface area contributed by atoms with E-state index >= 15 is 0 Å². The van der Waals surface area contributed by atoms with Gasteiger partial charge in [0.25, 0.3) is 0 Å². The van der Waals surface area contributed by atoms with Gasteiger partial charge < -0.3 is 5.73 Å². The summed E-state index contributed by atoms with van der Waals surface area (Å²) in [5, 5.41) is 0. The summed E-state index contributed by atoms with van der Waals surface area (Å²) in [6, 6.07) is 1.03. The maximum Gasteiger partial charge on any atom is 0.0495 e. The molecule has 18 heavy (non-hydrogen) atoms. The van der Waals surface area contributed by atoms with Crippen LogP contribution in [0, 0.1) is 17.8 Å². The number of hydrogen-bond acceptors (Lipinski definition) is 2. The lowest BCUT2D eigenvalue weighted by Gasteiger charge is -2.38. The monoisotopic (exact) mass is 250 g/mol. The summed E-state index contributed by atoms with van der Waals surface area (Å²) in [5.74, 6) is 2.81. The second-order valence-corrected chi connectivity index (χ2v) is 6.50. The summed E-state index contributed by atoms with van der Waals surface area (Å²) in [4.78, 5) is 4.55. The Hall–Kier alpha value is -0.370. The fraction of sp³-hybridized carbons (Fsp3) is 0.938. The molecule has 2 heteroatoms. The Labute approximate surface area is 112 Å². The van der Waals surface area contributed by atoms with E-state index in [1.165, 1.54) is 51.4 Å².